The van der Waals surface area contributed by atoms with Crippen LogP contribution in [0.5, 0.6) is 0 Å². The molecule has 0 spiro atoms. The highest BCUT2D eigenvalue weighted by Crippen LogP contribution is 2.39. The van der Waals surface area contributed by atoms with Crippen LogP contribution in [0.4, 0.5) is 10.5 Å². The van der Waals surface area contributed by atoms with E-state index < -0.39 is 0 Å². The highest BCUT2D eigenvalue weighted by atomic mass is 16.6. The molecule has 1 saturated heterocycles. The van der Waals surface area contributed by atoms with Crippen molar-refractivity contribution in [1.82, 2.24) is 4.90 Å². The lowest BCUT2D eigenvalue weighted by Gasteiger charge is -2.33. The van der Waals surface area contributed by atoms with Gasteiger partial charge in [0.15, 0.2) is 0 Å². The number of nitrogens with one attached hydrogen (secondary N) is 1. The quantitative estimate of drug-likeness (QED) is 0.848. The number of carbonyl (C=O) groups excluding carboxylic acids is 2. The first-order valence-corrected chi connectivity index (χ1v) is 9.68. The van der Waals surface area contributed by atoms with Crippen molar-refractivity contribution in [3.05, 3.63) is 71.8 Å². The standard InChI is InChI=1S/C23H24N2O3/c1-16(26)24-20-9-7-18(8-10-20)19-13-21-11-12-22(14-19)25(21)23(27)28-15-17-5-3-2-4-6-17/h2-10,13,21-22H,11-12,14-15H2,1H3,(H,24,26). The van der Waals surface area contributed by atoms with Crippen LogP contribution in [-0.2, 0) is 16.1 Å². The number of rotatable bonds is 4. The van der Waals surface area contributed by atoms with E-state index in [0.717, 1.165) is 36.1 Å². The molecule has 2 unspecified atom stereocenters. The molecular formula is C23H24N2O3. The summed E-state index contributed by atoms with van der Waals surface area (Å²) in [6.45, 7) is 1.80. The first kappa shape index (κ1) is 18.3. The highest BCUT2D eigenvalue weighted by Gasteiger charge is 2.40. The minimum Gasteiger partial charge on any atom is -0.445 e. The van der Waals surface area contributed by atoms with Crippen LogP contribution in [0.25, 0.3) is 5.57 Å². The molecule has 2 atom stereocenters. The molecular weight excluding hydrogens is 352 g/mol. The van der Waals surface area contributed by atoms with Crippen LogP contribution in [0.3, 0.4) is 0 Å². The fourth-order valence-corrected chi connectivity index (χ4v) is 4.09. The predicted octanol–water partition coefficient (Wildman–Crippen LogP) is 4.60. The molecule has 0 saturated carbocycles. The van der Waals surface area contributed by atoms with E-state index in [-0.39, 0.29) is 24.1 Å². The molecule has 1 N–H and O–H groups in total. The lowest BCUT2D eigenvalue weighted by Crippen LogP contribution is -2.43. The van der Waals surface area contributed by atoms with Crippen LogP contribution in [0, 0.1) is 0 Å². The van der Waals surface area contributed by atoms with Crippen molar-refractivity contribution in [1.29, 1.82) is 0 Å². The van der Waals surface area contributed by atoms with Gasteiger partial charge in [-0.1, -0.05) is 48.5 Å². The number of hydrogen-bond donors (Lipinski definition) is 1. The number of ether oxygens (including phenoxy) is 1. The molecule has 28 heavy (non-hydrogen) atoms. The lowest BCUT2D eigenvalue weighted by molar-refractivity contribution is -0.114. The average molecular weight is 376 g/mol. The molecule has 2 aliphatic heterocycles. The fourth-order valence-electron chi connectivity index (χ4n) is 4.09. The fraction of sp³-hybridized carbons (Fsp3) is 0.304. The molecule has 4 rings (SSSR count). The van der Waals surface area contributed by atoms with Crippen LogP contribution >= 0.6 is 0 Å². The van der Waals surface area contributed by atoms with Crippen molar-refractivity contribution in [3.63, 3.8) is 0 Å². The molecule has 5 nitrogen and oxygen atoms in total. The number of anilines is 1. The Morgan fingerprint density at radius 1 is 1.07 bits per heavy atom. The minimum absolute atomic E-state index is 0.0765. The molecule has 0 aliphatic carbocycles. The summed E-state index contributed by atoms with van der Waals surface area (Å²) in [5.74, 6) is -0.0765. The minimum atomic E-state index is -0.229. The molecule has 0 radical (unpaired) electrons. The number of carbonyl (C=O) groups is 2. The zero-order valence-corrected chi connectivity index (χ0v) is 15.9. The summed E-state index contributed by atoms with van der Waals surface area (Å²) in [4.78, 5) is 25.7. The van der Waals surface area contributed by atoms with Gasteiger partial charge in [-0.25, -0.2) is 4.79 Å². The third-order valence-corrected chi connectivity index (χ3v) is 5.39. The summed E-state index contributed by atoms with van der Waals surface area (Å²) in [5, 5.41) is 2.79. The van der Waals surface area contributed by atoms with E-state index in [1.165, 1.54) is 12.5 Å². The summed E-state index contributed by atoms with van der Waals surface area (Å²) in [5.41, 5.74) is 4.19. The van der Waals surface area contributed by atoms with Crippen molar-refractivity contribution < 1.29 is 14.3 Å². The van der Waals surface area contributed by atoms with E-state index in [1.807, 2.05) is 59.5 Å². The second-order valence-electron chi connectivity index (χ2n) is 7.40. The number of amides is 2. The lowest BCUT2D eigenvalue weighted by atomic mass is 9.95. The van der Waals surface area contributed by atoms with Crippen LogP contribution in [0.15, 0.2) is 60.7 Å². The van der Waals surface area contributed by atoms with Crippen molar-refractivity contribution in [3.8, 4) is 0 Å². The summed E-state index contributed by atoms with van der Waals surface area (Å²) in [6.07, 6.45) is 4.76. The molecule has 144 valence electrons. The van der Waals surface area contributed by atoms with Crippen molar-refractivity contribution >= 4 is 23.3 Å². The van der Waals surface area contributed by atoms with E-state index in [9.17, 15) is 9.59 Å². The molecule has 2 aromatic rings. The van der Waals surface area contributed by atoms with E-state index in [4.69, 9.17) is 4.74 Å². The third kappa shape index (κ3) is 3.93. The maximum absolute atomic E-state index is 12.7. The van der Waals surface area contributed by atoms with Gasteiger partial charge in [-0.2, -0.15) is 0 Å². The molecule has 2 heterocycles. The van der Waals surface area contributed by atoms with Crippen LogP contribution in [0.2, 0.25) is 0 Å². The smallest absolute Gasteiger partial charge is 0.410 e. The molecule has 1 fully saturated rings. The molecule has 5 heteroatoms. The van der Waals surface area contributed by atoms with E-state index >= 15 is 0 Å². The summed E-state index contributed by atoms with van der Waals surface area (Å²) < 4.78 is 5.56. The zero-order chi connectivity index (χ0) is 19.5. The first-order valence-electron chi connectivity index (χ1n) is 9.68. The Bertz CT molecular complexity index is 890. The van der Waals surface area contributed by atoms with Gasteiger partial charge in [0.2, 0.25) is 5.91 Å². The molecule has 2 aliphatic rings. The van der Waals surface area contributed by atoms with Gasteiger partial charge in [-0.3, -0.25) is 9.69 Å². The van der Waals surface area contributed by atoms with Crippen LogP contribution < -0.4 is 5.32 Å². The Morgan fingerprint density at radius 2 is 1.82 bits per heavy atom. The molecule has 2 aromatic carbocycles. The average Bonchev–Trinajstić information content (AvgIpc) is 2.97. The maximum Gasteiger partial charge on any atom is 0.410 e. The monoisotopic (exact) mass is 376 g/mol. The van der Waals surface area contributed by atoms with Crippen molar-refractivity contribution in [2.45, 2.75) is 44.9 Å². The second kappa shape index (κ2) is 7.89. The topological polar surface area (TPSA) is 58.6 Å². The number of hydrogen-bond acceptors (Lipinski definition) is 3. The van der Waals surface area contributed by atoms with Crippen LogP contribution in [0.1, 0.15) is 37.3 Å². The first-order chi connectivity index (χ1) is 13.6. The SMILES string of the molecule is CC(=O)Nc1ccc(C2=CC3CCC(C2)N3C(=O)OCc2ccccc2)cc1. The third-order valence-electron chi connectivity index (χ3n) is 5.39. The largest absolute Gasteiger partial charge is 0.445 e. The van der Waals surface area contributed by atoms with Gasteiger partial charge in [0, 0.05) is 18.7 Å². The van der Waals surface area contributed by atoms with Crippen LogP contribution in [-0.4, -0.2) is 29.0 Å². The normalized spacial score (nSPS) is 20.5. The zero-order valence-electron chi connectivity index (χ0n) is 15.9. The summed E-state index contributed by atoms with van der Waals surface area (Å²) in [7, 11) is 0. The van der Waals surface area contributed by atoms with Gasteiger partial charge in [0.05, 0.1) is 6.04 Å². The van der Waals surface area contributed by atoms with E-state index in [1.54, 1.807) is 0 Å². The summed E-state index contributed by atoms with van der Waals surface area (Å²) in [6, 6.07) is 17.9. The Kier molecular flexibility index (Phi) is 5.15. The van der Waals surface area contributed by atoms with Crippen molar-refractivity contribution in [2.75, 3.05) is 5.32 Å². The second-order valence-corrected chi connectivity index (χ2v) is 7.40. The van der Waals surface area contributed by atoms with Gasteiger partial charge in [-0.05, 0) is 48.1 Å². The maximum atomic E-state index is 12.7. The van der Waals surface area contributed by atoms with E-state index in [2.05, 4.69) is 11.4 Å². The Morgan fingerprint density at radius 3 is 2.50 bits per heavy atom. The number of nitrogens with zero attached hydrogens (tertiary/aromatic N) is 1. The predicted molar refractivity (Wildman–Crippen MR) is 109 cm³/mol. The Balaban J connectivity index is 1.43. The Hall–Kier alpha value is -3.08. The van der Waals surface area contributed by atoms with Crippen molar-refractivity contribution in [2.24, 2.45) is 0 Å². The van der Waals surface area contributed by atoms with E-state index in [0.29, 0.717) is 6.61 Å². The number of benzene rings is 2. The highest BCUT2D eigenvalue weighted by molar-refractivity contribution is 5.89. The number of fused-ring (bicyclic) bond motifs is 2. The Labute approximate surface area is 165 Å². The molecule has 0 aromatic heterocycles. The van der Waals surface area contributed by atoms with Gasteiger partial charge in [0.1, 0.15) is 6.61 Å². The van der Waals surface area contributed by atoms with Gasteiger partial charge in [-0.15, -0.1) is 0 Å². The molecule has 2 amide bonds. The summed E-state index contributed by atoms with van der Waals surface area (Å²) >= 11 is 0. The van der Waals surface area contributed by atoms with Gasteiger partial charge in [0.25, 0.3) is 0 Å². The van der Waals surface area contributed by atoms with Gasteiger partial charge < -0.3 is 10.1 Å². The van der Waals surface area contributed by atoms with Gasteiger partial charge >= 0.3 is 6.09 Å². The molecule has 2 bridgehead atoms.